The number of carbonyl (C=O) groups is 1. The third-order valence-corrected chi connectivity index (χ3v) is 6.08. The number of methoxy groups -OCH3 is 1. The van der Waals surface area contributed by atoms with E-state index >= 15 is 0 Å². The molecule has 0 radical (unpaired) electrons. The van der Waals surface area contributed by atoms with Gasteiger partial charge < -0.3 is 14.6 Å². The number of nitrogens with zero attached hydrogens (tertiary/aromatic N) is 4. The molecule has 0 saturated carbocycles. The van der Waals surface area contributed by atoms with Crippen molar-refractivity contribution in [3.63, 3.8) is 0 Å². The molecule has 1 aliphatic heterocycles. The van der Waals surface area contributed by atoms with Crippen molar-refractivity contribution in [2.75, 3.05) is 12.4 Å². The van der Waals surface area contributed by atoms with E-state index < -0.39 is 79.0 Å². The molecule has 1 aromatic carbocycles. The number of esters is 1. The molecule has 1 aromatic heterocycles. The number of hydrogen-bond donors (Lipinski definition) is 1. The Bertz CT molecular complexity index is 1230. The molecule has 1 aliphatic rings. The van der Waals surface area contributed by atoms with Crippen molar-refractivity contribution in [3.05, 3.63) is 34.0 Å². The predicted octanol–water partition coefficient (Wildman–Crippen LogP) is 3.75. The van der Waals surface area contributed by atoms with E-state index in [9.17, 15) is 46.2 Å². The minimum Gasteiger partial charge on any atom is -0.604 e. The van der Waals surface area contributed by atoms with Crippen LogP contribution in [0.15, 0.2) is 17.0 Å². The van der Waals surface area contributed by atoms with Gasteiger partial charge in [-0.05, 0) is 12.1 Å². The molecule has 2 unspecified atom stereocenters. The van der Waals surface area contributed by atoms with Gasteiger partial charge in [0.15, 0.2) is 11.4 Å². The lowest BCUT2D eigenvalue weighted by atomic mass is 9.83. The number of carbonyl (C=O) groups excluding carboxylic acids is 1. The van der Waals surface area contributed by atoms with E-state index in [0.717, 1.165) is 7.11 Å². The quantitative estimate of drug-likeness (QED) is 0.378. The van der Waals surface area contributed by atoms with Crippen molar-refractivity contribution in [1.82, 2.24) is 9.78 Å². The molecule has 0 saturated heterocycles. The minimum atomic E-state index is -5.37. The molecule has 3 rings (SSSR count). The highest BCUT2D eigenvalue weighted by Crippen LogP contribution is 2.49. The molecular weight excluding hydrogens is 504 g/mol. The second-order valence-corrected chi connectivity index (χ2v) is 8.29. The molecule has 8 nitrogen and oxygen atoms in total. The van der Waals surface area contributed by atoms with Gasteiger partial charge in [0.25, 0.3) is 0 Å². The van der Waals surface area contributed by atoms with Crippen molar-refractivity contribution in [2.45, 2.75) is 28.5 Å². The fourth-order valence-corrected chi connectivity index (χ4v) is 4.38. The molecule has 2 aromatic rings. The van der Waals surface area contributed by atoms with E-state index in [1.807, 2.05) is 0 Å². The molecule has 1 N–H and O–H groups in total. The predicted molar refractivity (Wildman–Crippen MR) is 98.3 cm³/mol. The zero-order valence-corrected chi connectivity index (χ0v) is 17.5. The molecule has 0 aliphatic carbocycles. The molecule has 0 amide bonds. The van der Waals surface area contributed by atoms with Gasteiger partial charge in [-0.25, -0.2) is 9.48 Å². The van der Waals surface area contributed by atoms with E-state index in [0.29, 0.717) is 16.8 Å². The Balaban J connectivity index is 2.50. The molecular formula is C17H8ClF6N5O3S. The average molecular weight is 512 g/mol. The molecule has 0 fully saturated rings. The molecule has 0 spiro atoms. The Kier molecular flexibility index (Phi) is 5.95. The normalized spacial score (nSPS) is 18.3. The van der Waals surface area contributed by atoms with Crippen LogP contribution in [0.3, 0.4) is 0 Å². The second kappa shape index (κ2) is 8.02. The maximum absolute atomic E-state index is 13.4. The Labute approximate surface area is 188 Å². The summed E-state index contributed by atoms with van der Waals surface area (Å²) in [6, 6.07) is 3.77. The third-order valence-electron chi connectivity index (χ3n) is 4.62. The number of alkyl halides is 6. The lowest BCUT2D eigenvalue weighted by Gasteiger charge is -2.37. The van der Waals surface area contributed by atoms with Gasteiger partial charge in [0, 0.05) is 5.56 Å². The van der Waals surface area contributed by atoms with Crippen LogP contribution in [-0.4, -0.2) is 32.9 Å². The van der Waals surface area contributed by atoms with Crippen LogP contribution in [0.25, 0.3) is 5.69 Å². The number of nitriles is 2. The highest BCUT2D eigenvalue weighted by Gasteiger charge is 2.55. The average Bonchev–Trinajstić information content (AvgIpc) is 3.08. The summed E-state index contributed by atoms with van der Waals surface area (Å²) in [5, 5.41) is 23.7. The number of ether oxygens (including phenoxy) is 1. The number of hydrogen-bond acceptors (Lipinski definition) is 7. The van der Waals surface area contributed by atoms with Gasteiger partial charge >= 0.3 is 17.7 Å². The maximum atomic E-state index is 13.4. The van der Waals surface area contributed by atoms with Crippen molar-refractivity contribution < 1.29 is 40.4 Å². The van der Waals surface area contributed by atoms with E-state index in [1.54, 1.807) is 6.07 Å². The Hall–Kier alpha value is -3.14. The summed E-state index contributed by atoms with van der Waals surface area (Å²) >= 11 is 2.17. The molecule has 33 heavy (non-hydrogen) atoms. The Morgan fingerprint density at radius 1 is 1.33 bits per heavy atom. The van der Waals surface area contributed by atoms with Crippen LogP contribution in [0.1, 0.15) is 23.2 Å². The number of benzene rings is 1. The van der Waals surface area contributed by atoms with Crippen LogP contribution >= 0.6 is 11.6 Å². The van der Waals surface area contributed by atoms with E-state index in [-0.39, 0.29) is 0 Å². The van der Waals surface area contributed by atoms with Crippen molar-refractivity contribution >= 4 is 34.6 Å². The van der Waals surface area contributed by atoms with E-state index in [2.05, 4.69) is 15.2 Å². The Morgan fingerprint density at radius 3 is 2.45 bits per heavy atom. The third kappa shape index (κ3) is 3.82. The van der Waals surface area contributed by atoms with Crippen LogP contribution in [-0.2, 0) is 32.4 Å². The van der Waals surface area contributed by atoms with Crippen LogP contribution < -0.4 is 5.32 Å². The lowest BCUT2D eigenvalue weighted by Crippen LogP contribution is -2.48. The lowest BCUT2D eigenvalue weighted by molar-refractivity contribution is -0.146. The molecule has 16 heteroatoms. The van der Waals surface area contributed by atoms with Crippen molar-refractivity contribution in [3.8, 4) is 17.8 Å². The first-order chi connectivity index (χ1) is 15.2. The van der Waals surface area contributed by atoms with E-state index in [1.165, 1.54) is 6.07 Å². The topological polar surface area (TPSA) is 127 Å². The Morgan fingerprint density at radius 2 is 1.97 bits per heavy atom. The van der Waals surface area contributed by atoms with Gasteiger partial charge in [0.1, 0.15) is 17.2 Å². The first-order valence-electron chi connectivity index (χ1n) is 8.39. The van der Waals surface area contributed by atoms with Crippen molar-refractivity contribution in [2.24, 2.45) is 0 Å². The molecule has 0 bridgehead atoms. The fourth-order valence-electron chi connectivity index (χ4n) is 3.28. The number of halogens is 7. The first kappa shape index (κ1) is 24.5. The van der Waals surface area contributed by atoms with Crippen molar-refractivity contribution in [1.29, 1.82) is 10.5 Å². The maximum Gasteiger partial charge on any atom is 0.578 e. The van der Waals surface area contributed by atoms with E-state index in [4.69, 9.17) is 11.6 Å². The number of rotatable bonds is 3. The smallest absolute Gasteiger partial charge is 0.578 e. The van der Waals surface area contributed by atoms with Gasteiger partial charge in [-0.3, -0.25) is 0 Å². The fraction of sp³-hybridized carbons (Fsp3) is 0.294. The van der Waals surface area contributed by atoms with Crippen LogP contribution in [0.5, 0.6) is 0 Å². The van der Waals surface area contributed by atoms with Crippen LogP contribution in [0.2, 0.25) is 5.02 Å². The number of nitrogens with one attached hydrogen (secondary N) is 1. The van der Waals surface area contributed by atoms with Gasteiger partial charge in [0.2, 0.25) is 10.6 Å². The second-order valence-electron chi connectivity index (χ2n) is 6.47. The summed E-state index contributed by atoms with van der Waals surface area (Å²) in [6.45, 7) is 0. The summed E-state index contributed by atoms with van der Waals surface area (Å²) < 4.78 is 97.3. The monoisotopic (exact) mass is 511 g/mol. The molecule has 174 valence electrons. The zero-order valence-electron chi connectivity index (χ0n) is 15.9. The van der Waals surface area contributed by atoms with Crippen LogP contribution in [0, 0.1) is 22.7 Å². The highest BCUT2D eigenvalue weighted by molar-refractivity contribution is 7.92. The number of aromatic nitrogens is 2. The number of fused-ring (bicyclic) bond motifs is 3. The summed E-state index contributed by atoms with van der Waals surface area (Å²) in [4.78, 5) is 11.5. The first-order valence-corrected chi connectivity index (χ1v) is 9.92. The summed E-state index contributed by atoms with van der Waals surface area (Å²) in [5.41, 5.74) is -11.3. The highest BCUT2D eigenvalue weighted by atomic mass is 35.5. The molecule has 2 atom stereocenters. The van der Waals surface area contributed by atoms with Gasteiger partial charge in [-0.15, -0.1) is 18.3 Å². The number of anilines is 1. The van der Waals surface area contributed by atoms with Crippen LogP contribution in [0.4, 0.5) is 32.2 Å². The molecule has 2 heterocycles. The standard InChI is InChI=1S/C17H8ClF6N5O3S/c1-32-14(30)15(2-3-25)8-4-7(16(19,20)21)5-9(18)11(8)29-13(27-15)12(10(6-26)28-29)33(31)17(22,23)24/h4-5,27H,2H2,1H3. The van der Waals surface area contributed by atoms with Gasteiger partial charge in [-0.1, -0.05) is 11.6 Å². The van der Waals surface area contributed by atoms with Gasteiger partial charge in [0.05, 0.1) is 35.9 Å². The minimum absolute atomic E-state index is 0.429. The van der Waals surface area contributed by atoms with Gasteiger partial charge in [-0.2, -0.15) is 23.7 Å². The summed E-state index contributed by atoms with van der Waals surface area (Å²) in [6.07, 6.45) is -5.90. The largest absolute Gasteiger partial charge is 0.604 e. The SMILES string of the molecule is COC(=O)C1(CC#N)Nc2c([S+]([O-])C(F)(F)F)c(C#N)nn2-c2c(Cl)cc(C(F)(F)F)cc21. The summed E-state index contributed by atoms with van der Waals surface area (Å²) in [7, 11) is 0.833. The summed E-state index contributed by atoms with van der Waals surface area (Å²) in [5.74, 6) is -2.17. The zero-order chi connectivity index (χ0) is 24.9.